The Morgan fingerprint density at radius 2 is 2.20 bits per heavy atom. The number of carboxylic acid groups (broad SMARTS) is 1. The highest BCUT2D eigenvalue weighted by Crippen LogP contribution is 2.27. The molecule has 1 atom stereocenters. The zero-order chi connectivity index (χ0) is 14.9. The highest BCUT2D eigenvalue weighted by atomic mass is 35.5. The SMILES string of the molecule is CC(C)CC(C(=O)[O-])n1c(CO)cc2ccc(Cl)nc21. The van der Waals surface area contributed by atoms with Gasteiger partial charge in [0.1, 0.15) is 10.8 Å². The number of aliphatic carboxylic acids is 1. The summed E-state index contributed by atoms with van der Waals surface area (Å²) in [5.41, 5.74) is 0.945. The van der Waals surface area contributed by atoms with Crippen LogP contribution in [-0.2, 0) is 11.4 Å². The van der Waals surface area contributed by atoms with Crippen molar-refractivity contribution in [2.75, 3.05) is 0 Å². The Hall–Kier alpha value is -1.59. The number of aromatic nitrogens is 2. The Morgan fingerprint density at radius 3 is 2.75 bits per heavy atom. The maximum absolute atomic E-state index is 11.5. The van der Waals surface area contributed by atoms with E-state index in [0.29, 0.717) is 17.8 Å². The van der Waals surface area contributed by atoms with Gasteiger partial charge in [0.25, 0.3) is 0 Å². The van der Waals surface area contributed by atoms with E-state index in [-0.39, 0.29) is 17.7 Å². The molecular formula is C14H16ClN2O3-. The van der Waals surface area contributed by atoms with Crippen LogP contribution in [0, 0.1) is 5.92 Å². The molecule has 0 fully saturated rings. The van der Waals surface area contributed by atoms with Crippen LogP contribution in [0.4, 0.5) is 0 Å². The van der Waals surface area contributed by atoms with Gasteiger partial charge < -0.3 is 19.6 Å². The fourth-order valence-corrected chi connectivity index (χ4v) is 2.49. The van der Waals surface area contributed by atoms with E-state index in [4.69, 9.17) is 11.6 Å². The second kappa shape index (κ2) is 5.81. The van der Waals surface area contributed by atoms with Crippen molar-refractivity contribution in [3.8, 4) is 0 Å². The first-order valence-electron chi connectivity index (χ1n) is 6.42. The third kappa shape index (κ3) is 2.78. The van der Waals surface area contributed by atoms with Gasteiger partial charge in [0.2, 0.25) is 0 Å². The predicted molar refractivity (Wildman–Crippen MR) is 74.2 cm³/mol. The molecule has 0 aliphatic heterocycles. The maximum atomic E-state index is 11.5. The molecule has 2 aromatic rings. The number of carboxylic acids is 1. The average Bonchev–Trinajstić information content (AvgIpc) is 2.73. The van der Waals surface area contributed by atoms with Crippen molar-refractivity contribution in [2.45, 2.75) is 32.9 Å². The highest BCUT2D eigenvalue weighted by Gasteiger charge is 2.20. The Morgan fingerprint density at radius 1 is 1.50 bits per heavy atom. The van der Waals surface area contributed by atoms with Crippen molar-refractivity contribution in [1.29, 1.82) is 0 Å². The molecule has 108 valence electrons. The summed E-state index contributed by atoms with van der Waals surface area (Å²) in [5, 5.41) is 21.9. The van der Waals surface area contributed by atoms with Gasteiger partial charge in [-0.1, -0.05) is 25.4 Å². The van der Waals surface area contributed by atoms with Crippen LogP contribution in [0.5, 0.6) is 0 Å². The molecule has 0 aromatic carbocycles. The molecule has 2 aromatic heterocycles. The molecule has 0 amide bonds. The summed E-state index contributed by atoms with van der Waals surface area (Å²) in [6.45, 7) is 3.59. The average molecular weight is 296 g/mol. The van der Waals surface area contributed by atoms with Gasteiger partial charge in [0.05, 0.1) is 18.6 Å². The molecule has 0 bridgehead atoms. The Balaban J connectivity index is 2.65. The van der Waals surface area contributed by atoms with Gasteiger partial charge in [0, 0.05) is 11.1 Å². The number of carbonyl (C=O) groups is 1. The molecule has 2 rings (SSSR count). The molecule has 0 aliphatic rings. The molecule has 0 spiro atoms. The van der Waals surface area contributed by atoms with E-state index in [1.54, 1.807) is 18.2 Å². The number of rotatable bonds is 5. The van der Waals surface area contributed by atoms with Gasteiger partial charge in [-0.05, 0) is 30.5 Å². The monoisotopic (exact) mass is 295 g/mol. The molecule has 0 saturated heterocycles. The van der Waals surface area contributed by atoms with E-state index in [9.17, 15) is 15.0 Å². The zero-order valence-electron chi connectivity index (χ0n) is 11.3. The lowest BCUT2D eigenvalue weighted by Crippen LogP contribution is -2.35. The van der Waals surface area contributed by atoms with Crippen LogP contribution in [0.25, 0.3) is 11.0 Å². The second-order valence-corrected chi connectivity index (χ2v) is 5.56. The largest absolute Gasteiger partial charge is 0.548 e. The Labute approximate surface area is 121 Å². The molecule has 0 saturated carbocycles. The Bertz CT molecular complexity index is 637. The number of nitrogens with zero attached hydrogens (tertiary/aromatic N) is 2. The Kier molecular flexibility index (Phi) is 4.30. The lowest BCUT2D eigenvalue weighted by Gasteiger charge is -2.24. The minimum Gasteiger partial charge on any atom is -0.548 e. The smallest absolute Gasteiger partial charge is 0.142 e. The lowest BCUT2D eigenvalue weighted by atomic mass is 10.0. The van der Waals surface area contributed by atoms with Crippen LogP contribution < -0.4 is 5.11 Å². The number of carbonyl (C=O) groups excluding carboxylic acids is 1. The molecule has 2 heterocycles. The molecule has 20 heavy (non-hydrogen) atoms. The van der Waals surface area contributed by atoms with Crippen molar-refractivity contribution < 1.29 is 15.0 Å². The summed E-state index contributed by atoms with van der Waals surface area (Å²) in [5.74, 6) is -1.02. The number of halogens is 1. The first-order valence-corrected chi connectivity index (χ1v) is 6.80. The minimum absolute atomic E-state index is 0.168. The van der Waals surface area contributed by atoms with Crippen LogP contribution in [-0.4, -0.2) is 20.6 Å². The van der Waals surface area contributed by atoms with Crippen molar-refractivity contribution >= 4 is 28.6 Å². The summed E-state index contributed by atoms with van der Waals surface area (Å²) in [4.78, 5) is 15.6. The van der Waals surface area contributed by atoms with Gasteiger partial charge in [-0.25, -0.2) is 4.98 Å². The molecule has 0 aliphatic carbocycles. The fraction of sp³-hybridized carbons (Fsp3) is 0.429. The van der Waals surface area contributed by atoms with Crippen LogP contribution in [0.15, 0.2) is 18.2 Å². The van der Waals surface area contributed by atoms with Gasteiger partial charge in [-0.2, -0.15) is 0 Å². The van der Waals surface area contributed by atoms with Crippen molar-refractivity contribution in [3.05, 3.63) is 29.0 Å². The molecule has 1 N–H and O–H groups in total. The van der Waals surface area contributed by atoms with E-state index in [0.717, 1.165) is 5.39 Å². The zero-order valence-corrected chi connectivity index (χ0v) is 12.1. The van der Waals surface area contributed by atoms with Gasteiger partial charge in [0.15, 0.2) is 0 Å². The van der Waals surface area contributed by atoms with Crippen LogP contribution in [0.2, 0.25) is 5.15 Å². The van der Waals surface area contributed by atoms with E-state index < -0.39 is 12.0 Å². The van der Waals surface area contributed by atoms with Gasteiger partial charge in [-0.3, -0.25) is 0 Å². The lowest BCUT2D eigenvalue weighted by molar-refractivity contribution is -0.310. The molecule has 5 nitrogen and oxygen atoms in total. The van der Waals surface area contributed by atoms with Crippen molar-refractivity contribution in [3.63, 3.8) is 0 Å². The van der Waals surface area contributed by atoms with Crippen molar-refractivity contribution in [2.24, 2.45) is 5.92 Å². The first-order chi connectivity index (χ1) is 9.43. The summed E-state index contributed by atoms with van der Waals surface area (Å²) in [6.07, 6.45) is 0.396. The van der Waals surface area contributed by atoms with E-state index in [1.807, 2.05) is 13.8 Å². The molecule has 6 heteroatoms. The van der Waals surface area contributed by atoms with Crippen LogP contribution in [0.3, 0.4) is 0 Å². The number of fused-ring (bicyclic) bond motifs is 1. The van der Waals surface area contributed by atoms with Crippen molar-refractivity contribution in [1.82, 2.24) is 9.55 Å². The normalized spacial score (nSPS) is 13.1. The van der Waals surface area contributed by atoms with Crippen LogP contribution in [0.1, 0.15) is 32.0 Å². The highest BCUT2D eigenvalue weighted by molar-refractivity contribution is 6.29. The maximum Gasteiger partial charge on any atom is 0.142 e. The first kappa shape index (κ1) is 14.8. The van der Waals surface area contributed by atoms with E-state index in [1.165, 1.54) is 4.57 Å². The second-order valence-electron chi connectivity index (χ2n) is 5.17. The standard InChI is InChI=1S/C14H17ClN2O3/c1-8(2)5-11(14(19)20)17-10(7-18)6-9-3-4-12(15)16-13(9)17/h3-4,6,8,11,18H,5,7H2,1-2H3,(H,19,20)/p-1. The third-order valence-electron chi connectivity index (χ3n) is 3.17. The van der Waals surface area contributed by atoms with E-state index in [2.05, 4.69) is 4.98 Å². The fourth-order valence-electron chi connectivity index (χ4n) is 2.35. The minimum atomic E-state index is -1.19. The van der Waals surface area contributed by atoms with E-state index >= 15 is 0 Å². The number of pyridine rings is 1. The number of hydrogen-bond donors (Lipinski definition) is 1. The third-order valence-corrected chi connectivity index (χ3v) is 3.38. The number of hydrogen-bond acceptors (Lipinski definition) is 4. The number of aliphatic hydroxyl groups excluding tert-OH is 1. The molecular weight excluding hydrogens is 280 g/mol. The van der Waals surface area contributed by atoms with Crippen LogP contribution >= 0.6 is 11.6 Å². The van der Waals surface area contributed by atoms with Gasteiger partial charge in [-0.15, -0.1) is 0 Å². The topological polar surface area (TPSA) is 78.2 Å². The van der Waals surface area contributed by atoms with Gasteiger partial charge >= 0.3 is 0 Å². The predicted octanol–water partition coefficient (Wildman–Crippen LogP) is 1.52. The summed E-state index contributed by atoms with van der Waals surface area (Å²) in [6, 6.07) is 4.23. The quantitative estimate of drug-likeness (QED) is 0.848. The molecule has 1 unspecified atom stereocenters. The summed E-state index contributed by atoms with van der Waals surface area (Å²) < 4.78 is 1.51. The molecule has 0 radical (unpaired) electrons. The summed E-state index contributed by atoms with van der Waals surface area (Å²) in [7, 11) is 0. The number of aliphatic hydroxyl groups is 1. The summed E-state index contributed by atoms with van der Waals surface area (Å²) >= 11 is 5.88.